The van der Waals surface area contributed by atoms with E-state index in [1.54, 1.807) is 18.3 Å². The number of aromatic nitrogens is 1. The van der Waals surface area contributed by atoms with Crippen molar-refractivity contribution in [2.45, 2.75) is 20.0 Å². The van der Waals surface area contributed by atoms with Crippen LogP contribution in [0.3, 0.4) is 0 Å². The van der Waals surface area contributed by atoms with Gasteiger partial charge in [-0.2, -0.15) is 0 Å². The molecule has 0 amide bonds. The first-order valence-electron chi connectivity index (χ1n) is 9.58. The Bertz CT molecular complexity index is 1180. The molecule has 1 aromatic heterocycles. The monoisotopic (exact) mass is 383 g/mol. The van der Waals surface area contributed by atoms with Crippen LogP contribution in [0.2, 0.25) is 0 Å². The van der Waals surface area contributed by atoms with Gasteiger partial charge >= 0.3 is 5.97 Å². The van der Waals surface area contributed by atoms with E-state index in [0.717, 1.165) is 39.6 Å². The lowest BCUT2D eigenvalue weighted by Crippen LogP contribution is -2.04. The van der Waals surface area contributed by atoms with Gasteiger partial charge in [-0.25, -0.2) is 4.79 Å². The van der Waals surface area contributed by atoms with Gasteiger partial charge in [0, 0.05) is 17.5 Å². The fraction of sp³-hybridized carbons (Fsp3) is 0.120. The van der Waals surface area contributed by atoms with Crippen LogP contribution in [0.5, 0.6) is 5.75 Å². The fourth-order valence-electron chi connectivity index (χ4n) is 3.54. The van der Waals surface area contributed by atoms with Crippen LogP contribution in [0.4, 0.5) is 0 Å². The molecule has 1 N–H and O–H groups in total. The standard InChI is InChI=1S/C25H21NO3/c1-2-23-21(11-6-14-26-23)18-12-13-22(25(27)28)24(15-18)29-16-19-9-5-8-17-7-3-4-10-20(17)19/h3-15H,2,16H2,1H3,(H,27,28). The molecule has 0 saturated carbocycles. The van der Waals surface area contributed by atoms with Crippen molar-refractivity contribution >= 4 is 16.7 Å². The average Bonchev–Trinajstić information content (AvgIpc) is 2.77. The number of pyridine rings is 1. The molecule has 0 aliphatic carbocycles. The van der Waals surface area contributed by atoms with Gasteiger partial charge < -0.3 is 9.84 Å². The largest absolute Gasteiger partial charge is 0.488 e. The van der Waals surface area contributed by atoms with Crippen molar-refractivity contribution in [3.05, 3.63) is 95.8 Å². The van der Waals surface area contributed by atoms with Crippen molar-refractivity contribution in [1.29, 1.82) is 0 Å². The first-order valence-corrected chi connectivity index (χ1v) is 9.58. The molecular formula is C25H21NO3. The van der Waals surface area contributed by atoms with Crippen molar-refractivity contribution in [3.8, 4) is 16.9 Å². The van der Waals surface area contributed by atoms with Gasteiger partial charge in [-0.15, -0.1) is 0 Å². The number of hydrogen-bond donors (Lipinski definition) is 1. The molecule has 0 bridgehead atoms. The molecule has 1 heterocycles. The van der Waals surface area contributed by atoms with E-state index in [4.69, 9.17) is 4.74 Å². The van der Waals surface area contributed by atoms with Crippen LogP contribution in [-0.2, 0) is 13.0 Å². The zero-order valence-corrected chi connectivity index (χ0v) is 16.1. The van der Waals surface area contributed by atoms with Crippen LogP contribution in [-0.4, -0.2) is 16.1 Å². The Morgan fingerprint density at radius 1 is 1.00 bits per heavy atom. The third-order valence-corrected chi connectivity index (χ3v) is 5.01. The van der Waals surface area contributed by atoms with Crippen LogP contribution in [0.15, 0.2) is 79.0 Å². The van der Waals surface area contributed by atoms with Crippen molar-refractivity contribution in [3.63, 3.8) is 0 Å². The van der Waals surface area contributed by atoms with Crippen molar-refractivity contribution < 1.29 is 14.6 Å². The van der Waals surface area contributed by atoms with Crippen LogP contribution in [0.1, 0.15) is 28.5 Å². The summed E-state index contributed by atoms with van der Waals surface area (Å²) in [6.07, 6.45) is 2.56. The number of aryl methyl sites for hydroxylation is 1. The number of benzene rings is 3. The molecule has 0 unspecified atom stereocenters. The second kappa shape index (κ2) is 8.15. The second-order valence-corrected chi connectivity index (χ2v) is 6.79. The van der Waals surface area contributed by atoms with E-state index in [1.807, 2.05) is 48.5 Å². The summed E-state index contributed by atoms with van der Waals surface area (Å²) in [5, 5.41) is 11.8. The molecule has 0 aliphatic rings. The first kappa shape index (κ1) is 18.7. The molecule has 0 fully saturated rings. The highest BCUT2D eigenvalue weighted by molar-refractivity contribution is 5.92. The lowest BCUT2D eigenvalue weighted by atomic mass is 10.0. The van der Waals surface area contributed by atoms with E-state index in [1.165, 1.54) is 0 Å². The van der Waals surface area contributed by atoms with Crippen LogP contribution >= 0.6 is 0 Å². The minimum absolute atomic E-state index is 0.149. The maximum absolute atomic E-state index is 11.7. The van der Waals surface area contributed by atoms with Gasteiger partial charge in [0.25, 0.3) is 0 Å². The van der Waals surface area contributed by atoms with Crippen molar-refractivity contribution in [2.75, 3.05) is 0 Å². The number of aromatic carboxylic acids is 1. The van der Waals surface area contributed by atoms with E-state index in [2.05, 4.69) is 24.0 Å². The summed E-state index contributed by atoms with van der Waals surface area (Å²) < 4.78 is 6.03. The van der Waals surface area contributed by atoms with E-state index >= 15 is 0 Å². The van der Waals surface area contributed by atoms with Gasteiger partial charge in [0.2, 0.25) is 0 Å². The molecule has 0 atom stereocenters. The van der Waals surface area contributed by atoms with E-state index < -0.39 is 5.97 Å². The fourth-order valence-corrected chi connectivity index (χ4v) is 3.54. The lowest BCUT2D eigenvalue weighted by Gasteiger charge is -2.14. The van der Waals surface area contributed by atoms with Crippen molar-refractivity contribution in [1.82, 2.24) is 4.98 Å². The molecule has 0 radical (unpaired) electrons. The van der Waals surface area contributed by atoms with Crippen LogP contribution < -0.4 is 4.74 Å². The van der Waals surface area contributed by atoms with Gasteiger partial charge in [0.15, 0.2) is 0 Å². The number of fused-ring (bicyclic) bond motifs is 1. The Hall–Kier alpha value is -3.66. The van der Waals surface area contributed by atoms with E-state index in [-0.39, 0.29) is 5.56 Å². The zero-order valence-electron chi connectivity index (χ0n) is 16.1. The Morgan fingerprint density at radius 2 is 1.83 bits per heavy atom. The molecule has 0 saturated heterocycles. The quantitative estimate of drug-likeness (QED) is 0.461. The predicted octanol–water partition coefficient (Wildman–Crippen LogP) is 5.74. The highest BCUT2D eigenvalue weighted by Crippen LogP contribution is 2.30. The second-order valence-electron chi connectivity index (χ2n) is 6.79. The first-order chi connectivity index (χ1) is 14.2. The van der Waals surface area contributed by atoms with Gasteiger partial charge in [-0.05, 0) is 46.5 Å². The Labute approximate surface area is 169 Å². The highest BCUT2D eigenvalue weighted by atomic mass is 16.5. The third-order valence-electron chi connectivity index (χ3n) is 5.01. The van der Waals surface area contributed by atoms with Gasteiger partial charge in [0.1, 0.15) is 17.9 Å². The van der Waals surface area contributed by atoms with E-state index in [0.29, 0.717) is 12.4 Å². The third kappa shape index (κ3) is 3.83. The van der Waals surface area contributed by atoms with Gasteiger partial charge in [0.05, 0.1) is 0 Å². The Balaban J connectivity index is 1.71. The van der Waals surface area contributed by atoms with Crippen LogP contribution in [0.25, 0.3) is 21.9 Å². The number of carboxylic acid groups (broad SMARTS) is 1. The smallest absolute Gasteiger partial charge is 0.339 e. The lowest BCUT2D eigenvalue weighted by molar-refractivity contribution is 0.0692. The molecule has 4 heteroatoms. The maximum atomic E-state index is 11.7. The summed E-state index contributed by atoms with van der Waals surface area (Å²) >= 11 is 0. The van der Waals surface area contributed by atoms with E-state index in [9.17, 15) is 9.90 Å². The highest BCUT2D eigenvalue weighted by Gasteiger charge is 2.15. The zero-order chi connectivity index (χ0) is 20.2. The van der Waals surface area contributed by atoms with Gasteiger partial charge in [-0.3, -0.25) is 4.98 Å². The normalized spacial score (nSPS) is 10.8. The summed E-state index contributed by atoms with van der Waals surface area (Å²) in [6, 6.07) is 23.2. The van der Waals surface area contributed by atoms with Gasteiger partial charge in [-0.1, -0.05) is 61.5 Å². The summed E-state index contributed by atoms with van der Waals surface area (Å²) in [5.41, 5.74) is 4.02. The molecule has 4 aromatic rings. The Morgan fingerprint density at radius 3 is 2.66 bits per heavy atom. The molecule has 144 valence electrons. The summed E-state index contributed by atoms with van der Waals surface area (Å²) in [6.45, 7) is 2.34. The molecule has 4 rings (SSSR count). The number of nitrogens with zero attached hydrogens (tertiary/aromatic N) is 1. The number of rotatable bonds is 6. The predicted molar refractivity (Wildman–Crippen MR) is 114 cm³/mol. The summed E-state index contributed by atoms with van der Waals surface area (Å²) in [5.74, 6) is -0.653. The number of hydrogen-bond acceptors (Lipinski definition) is 3. The maximum Gasteiger partial charge on any atom is 0.339 e. The average molecular weight is 383 g/mol. The Kier molecular flexibility index (Phi) is 5.25. The molecular weight excluding hydrogens is 362 g/mol. The summed E-state index contributed by atoms with van der Waals surface area (Å²) in [7, 11) is 0. The summed E-state index contributed by atoms with van der Waals surface area (Å²) in [4.78, 5) is 16.2. The number of carboxylic acids is 1. The van der Waals surface area contributed by atoms with Crippen LogP contribution in [0, 0.1) is 0 Å². The molecule has 0 aliphatic heterocycles. The number of ether oxygens (including phenoxy) is 1. The minimum Gasteiger partial charge on any atom is -0.488 e. The molecule has 0 spiro atoms. The molecule has 3 aromatic carbocycles. The number of carbonyl (C=O) groups is 1. The van der Waals surface area contributed by atoms with Crippen molar-refractivity contribution in [2.24, 2.45) is 0 Å². The molecule has 4 nitrogen and oxygen atoms in total. The minimum atomic E-state index is -1.01. The molecule has 29 heavy (non-hydrogen) atoms. The SMILES string of the molecule is CCc1ncccc1-c1ccc(C(=O)O)c(OCc2cccc3ccccc23)c1. The topological polar surface area (TPSA) is 59.4 Å².